The zero-order chi connectivity index (χ0) is 18.0. The van der Waals surface area contributed by atoms with E-state index in [0.29, 0.717) is 16.4 Å². The number of ether oxygens (including phenoxy) is 1. The summed E-state index contributed by atoms with van der Waals surface area (Å²) in [4.78, 5) is 25.6. The van der Waals surface area contributed by atoms with Gasteiger partial charge in [-0.15, -0.1) is 11.3 Å². The molecule has 1 aromatic carbocycles. The minimum Gasteiger partial charge on any atom is -0.458 e. The fourth-order valence-corrected chi connectivity index (χ4v) is 3.48. The summed E-state index contributed by atoms with van der Waals surface area (Å²) in [6.07, 6.45) is -0.225. The monoisotopic (exact) mass is 376 g/mol. The third-order valence-corrected chi connectivity index (χ3v) is 4.69. The number of nitrogens with one attached hydrogen (secondary N) is 1. The van der Waals surface area contributed by atoms with Crippen LogP contribution in [0.1, 0.15) is 24.3 Å². The van der Waals surface area contributed by atoms with Gasteiger partial charge in [0.25, 0.3) is 0 Å². The van der Waals surface area contributed by atoms with Gasteiger partial charge in [0.1, 0.15) is 17.1 Å². The highest BCUT2D eigenvalue weighted by molar-refractivity contribution is 7.16. The average molecular weight is 377 g/mol. The topological polar surface area (TPSA) is 60.3 Å². The van der Waals surface area contributed by atoms with Crippen LogP contribution in [-0.4, -0.2) is 22.5 Å². The van der Waals surface area contributed by atoms with Crippen molar-refractivity contribution in [2.75, 3.05) is 5.32 Å². The summed E-state index contributed by atoms with van der Waals surface area (Å²) in [5, 5.41) is 6.25. The molecule has 1 N–H and O–H groups in total. The number of rotatable bonds is 5. The van der Waals surface area contributed by atoms with E-state index in [0.717, 1.165) is 10.2 Å². The van der Waals surface area contributed by atoms with Crippen molar-refractivity contribution in [1.82, 2.24) is 4.57 Å². The molecule has 5 nitrogen and oxygen atoms in total. The molecule has 3 rings (SSSR count). The number of aromatic nitrogens is 1. The quantitative estimate of drug-likeness (QED) is 0.664. The van der Waals surface area contributed by atoms with Crippen molar-refractivity contribution in [3.05, 3.63) is 52.5 Å². The van der Waals surface area contributed by atoms with Crippen LogP contribution < -0.4 is 5.32 Å². The second-order valence-electron chi connectivity index (χ2n) is 5.81. The molecule has 25 heavy (non-hydrogen) atoms. The number of hydrogen-bond acceptors (Lipinski definition) is 4. The van der Waals surface area contributed by atoms with Crippen molar-refractivity contribution in [3.63, 3.8) is 0 Å². The number of carbonyl (C=O) groups is 2. The van der Waals surface area contributed by atoms with Gasteiger partial charge in [0.2, 0.25) is 5.91 Å². The Morgan fingerprint density at radius 1 is 1.24 bits per heavy atom. The van der Waals surface area contributed by atoms with E-state index < -0.39 is 5.97 Å². The first kappa shape index (κ1) is 17.5. The van der Waals surface area contributed by atoms with Crippen LogP contribution >= 0.6 is 22.9 Å². The van der Waals surface area contributed by atoms with E-state index in [1.807, 2.05) is 11.4 Å². The van der Waals surface area contributed by atoms with E-state index in [4.69, 9.17) is 16.3 Å². The number of esters is 1. The molecule has 0 aliphatic heterocycles. The molecule has 130 valence electrons. The Morgan fingerprint density at radius 3 is 2.64 bits per heavy atom. The Morgan fingerprint density at radius 2 is 1.96 bits per heavy atom. The highest BCUT2D eigenvalue weighted by atomic mass is 35.5. The molecule has 2 heterocycles. The highest BCUT2D eigenvalue weighted by Gasteiger charge is 2.20. The van der Waals surface area contributed by atoms with Crippen molar-refractivity contribution in [2.45, 2.75) is 26.5 Å². The van der Waals surface area contributed by atoms with Gasteiger partial charge in [0.15, 0.2) is 0 Å². The van der Waals surface area contributed by atoms with E-state index in [-0.39, 0.29) is 18.6 Å². The summed E-state index contributed by atoms with van der Waals surface area (Å²) in [5.74, 6) is -0.662. The molecule has 0 aliphatic carbocycles. The number of thiophene rings is 1. The average Bonchev–Trinajstić information content (AvgIpc) is 3.11. The number of hydrogen-bond donors (Lipinski definition) is 1. The Bertz CT molecular complexity index is 912. The predicted molar refractivity (Wildman–Crippen MR) is 100 cm³/mol. The molecule has 1 amide bonds. The number of amides is 1. The highest BCUT2D eigenvalue weighted by Crippen LogP contribution is 2.26. The fraction of sp³-hybridized carbons (Fsp3) is 0.222. The van der Waals surface area contributed by atoms with E-state index in [1.165, 1.54) is 11.3 Å². The molecule has 7 heteroatoms. The lowest BCUT2D eigenvalue weighted by Gasteiger charge is -2.12. The molecule has 0 saturated carbocycles. The van der Waals surface area contributed by atoms with E-state index in [1.54, 1.807) is 48.7 Å². The molecule has 0 atom stereocenters. The van der Waals surface area contributed by atoms with Crippen molar-refractivity contribution >= 4 is 50.7 Å². The minimum absolute atomic E-state index is 0.0230. The van der Waals surface area contributed by atoms with Crippen LogP contribution in [0.25, 0.3) is 10.2 Å². The van der Waals surface area contributed by atoms with Gasteiger partial charge < -0.3 is 14.6 Å². The maximum absolute atomic E-state index is 12.4. The summed E-state index contributed by atoms with van der Waals surface area (Å²) < 4.78 is 6.98. The first-order chi connectivity index (χ1) is 11.9. The van der Waals surface area contributed by atoms with Crippen LogP contribution in [0.3, 0.4) is 0 Å². The molecular formula is C18H17ClN2O3S. The Balaban J connectivity index is 1.84. The standard InChI is InChI=1S/C18H17ClN2O3S/c1-11(2)24-18(23)15-9-12-7-8-25-17(12)21(15)10-16(22)20-14-5-3-13(19)4-6-14/h3-9,11H,10H2,1-2H3,(H,20,22). The summed E-state index contributed by atoms with van der Waals surface area (Å²) in [5.41, 5.74) is 1.03. The zero-order valence-corrected chi connectivity index (χ0v) is 15.4. The van der Waals surface area contributed by atoms with Crippen LogP contribution in [0.2, 0.25) is 5.02 Å². The van der Waals surface area contributed by atoms with Crippen LogP contribution in [0.5, 0.6) is 0 Å². The number of nitrogens with zero attached hydrogens (tertiary/aromatic N) is 1. The summed E-state index contributed by atoms with van der Waals surface area (Å²) in [6.45, 7) is 3.61. The van der Waals surface area contributed by atoms with Gasteiger partial charge in [0, 0.05) is 16.1 Å². The molecule has 0 saturated heterocycles. The summed E-state index contributed by atoms with van der Waals surface area (Å²) >= 11 is 7.33. The van der Waals surface area contributed by atoms with Gasteiger partial charge in [-0.3, -0.25) is 4.79 Å². The van der Waals surface area contributed by atoms with Crippen molar-refractivity contribution in [2.24, 2.45) is 0 Å². The molecule has 2 aromatic heterocycles. The molecule has 0 fully saturated rings. The van der Waals surface area contributed by atoms with Gasteiger partial charge >= 0.3 is 5.97 Å². The van der Waals surface area contributed by atoms with Crippen LogP contribution in [0.4, 0.5) is 5.69 Å². The predicted octanol–water partition coefficient (Wildman–Crippen LogP) is 4.56. The normalized spacial score (nSPS) is 11.0. The van der Waals surface area contributed by atoms with E-state index >= 15 is 0 Å². The lowest BCUT2D eigenvalue weighted by Crippen LogP contribution is -2.22. The van der Waals surface area contributed by atoms with E-state index in [2.05, 4.69) is 5.32 Å². The fourth-order valence-electron chi connectivity index (χ4n) is 2.45. The lowest BCUT2D eigenvalue weighted by molar-refractivity contribution is -0.116. The van der Waals surface area contributed by atoms with Gasteiger partial charge in [-0.05, 0) is 55.6 Å². The maximum atomic E-state index is 12.4. The third-order valence-electron chi connectivity index (χ3n) is 3.48. The SMILES string of the molecule is CC(C)OC(=O)c1cc2ccsc2n1CC(=O)Nc1ccc(Cl)cc1. The summed E-state index contributed by atoms with van der Waals surface area (Å²) in [6, 6.07) is 10.5. The Labute approximate surface area is 154 Å². The van der Waals surface area contributed by atoms with Crippen LogP contribution in [0, 0.1) is 0 Å². The lowest BCUT2D eigenvalue weighted by atomic mass is 10.3. The van der Waals surface area contributed by atoms with Crippen molar-refractivity contribution in [1.29, 1.82) is 0 Å². The molecule has 0 radical (unpaired) electrons. The first-order valence-electron chi connectivity index (χ1n) is 7.77. The number of benzene rings is 1. The largest absolute Gasteiger partial charge is 0.458 e. The maximum Gasteiger partial charge on any atom is 0.355 e. The number of halogens is 1. The number of anilines is 1. The van der Waals surface area contributed by atoms with Gasteiger partial charge in [-0.1, -0.05) is 11.6 Å². The van der Waals surface area contributed by atoms with Crippen LogP contribution in [-0.2, 0) is 16.1 Å². The zero-order valence-electron chi connectivity index (χ0n) is 13.8. The second-order valence-corrected chi connectivity index (χ2v) is 7.14. The van der Waals surface area contributed by atoms with Crippen molar-refractivity contribution < 1.29 is 14.3 Å². The number of fused-ring (bicyclic) bond motifs is 1. The molecule has 0 aliphatic rings. The summed E-state index contributed by atoms with van der Waals surface area (Å²) in [7, 11) is 0. The van der Waals surface area contributed by atoms with E-state index in [9.17, 15) is 9.59 Å². The van der Waals surface area contributed by atoms with Gasteiger partial charge in [-0.2, -0.15) is 0 Å². The molecular weight excluding hydrogens is 360 g/mol. The smallest absolute Gasteiger partial charge is 0.355 e. The second kappa shape index (κ2) is 7.29. The molecule has 0 bridgehead atoms. The Kier molecular flexibility index (Phi) is 5.11. The molecule has 3 aromatic rings. The van der Waals surface area contributed by atoms with Crippen LogP contribution in [0.15, 0.2) is 41.8 Å². The Hall–Kier alpha value is -2.31. The molecule has 0 spiro atoms. The van der Waals surface area contributed by atoms with Crippen molar-refractivity contribution in [3.8, 4) is 0 Å². The molecule has 0 unspecified atom stereocenters. The third kappa shape index (κ3) is 4.03. The number of carbonyl (C=O) groups excluding carboxylic acids is 2. The minimum atomic E-state index is -0.433. The van der Waals surface area contributed by atoms with Gasteiger partial charge in [0.05, 0.1) is 6.10 Å². The first-order valence-corrected chi connectivity index (χ1v) is 9.03. The van der Waals surface area contributed by atoms with Gasteiger partial charge in [-0.25, -0.2) is 4.79 Å².